The van der Waals surface area contributed by atoms with Crippen molar-refractivity contribution in [3.63, 3.8) is 0 Å². The zero-order chi connectivity index (χ0) is 18.9. The fourth-order valence-electron chi connectivity index (χ4n) is 4.00. The Morgan fingerprint density at radius 2 is 1.75 bits per heavy atom. The number of aromatic amines is 1. The van der Waals surface area contributed by atoms with E-state index in [1.807, 2.05) is 41.4 Å². The van der Waals surface area contributed by atoms with Crippen LogP contribution in [0.1, 0.15) is 5.56 Å². The Kier molecular flexibility index (Phi) is 4.31. The van der Waals surface area contributed by atoms with Crippen molar-refractivity contribution in [3.8, 4) is 11.5 Å². The number of nitrogens with one attached hydrogen (secondary N) is 1. The van der Waals surface area contributed by atoms with Crippen molar-refractivity contribution >= 4 is 22.5 Å². The summed E-state index contributed by atoms with van der Waals surface area (Å²) in [5.74, 6) is 1.80. The van der Waals surface area contributed by atoms with E-state index in [4.69, 9.17) is 9.47 Å². The highest BCUT2D eigenvalue weighted by Gasteiger charge is 2.23. The summed E-state index contributed by atoms with van der Waals surface area (Å²) in [4.78, 5) is 20.3. The molecule has 0 bridgehead atoms. The summed E-state index contributed by atoms with van der Waals surface area (Å²) in [5.41, 5.74) is 3.26. The SMILES string of the molecule is O=C(Cc1c[nH]c2ccccc12)N1CCN(c2ccc3c(c2)OCCO3)CC1. The van der Waals surface area contributed by atoms with Crippen molar-refractivity contribution in [2.24, 2.45) is 0 Å². The van der Waals surface area contributed by atoms with E-state index < -0.39 is 0 Å². The molecule has 0 spiro atoms. The van der Waals surface area contributed by atoms with Gasteiger partial charge in [-0.2, -0.15) is 0 Å². The third-order valence-corrected chi connectivity index (χ3v) is 5.54. The molecule has 5 rings (SSSR count). The number of ether oxygens (including phenoxy) is 2. The minimum Gasteiger partial charge on any atom is -0.486 e. The van der Waals surface area contributed by atoms with E-state index in [1.54, 1.807) is 0 Å². The molecule has 2 aromatic carbocycles. The quantitative estimate of drug-likeness (QED) is 0.763. The van der Waals surface area contributed by atoms with Gasteiger partial charge < -0.3 is 24.3 Å². The molecular weight excluding hydrogens is 354 g/mol. The Bertz CT molecular complexity index is 1010. The first-order valence-electron chi connectivity index (χ1n) is 9.75. The zero-order valence-corrected chi connectivity index (χ0v) is 15.7. The molecule has 144 valence electrons. The molecule has 2 aliphatic heterocycles. The van der Waals surface area contributed by atoms with E-state index in [1.165, 1.54) is 0 Å². The van der Waals surface area contributed by atoms with Crippen LogP contribution in [0.5, 0.6) is 11.5 Å². The van der Waals surface area contributed by atoms with Gasteiger partial charge in [-0.25, -0.2) is 0 Å². The molecule has 28 heavy (non-hydrogen) atoms. The van der Waals surface area contributed by atoms with E-state index in [0.29, 0.717) is 19.6 Å². The molecule has 1 N–H and O–H groups in total. The van der Waals surface area contributed by atoms with Gasteiger partial charge in [0, 0.05) is 55.0 Å². The number of fused-ring (bicyclic) bond motifs is 2. The second kappa shape index (κ2) is 7.11. The number of aromatic nitrogens is 1. The maximum absolute atomic E-state index is 12.8. The molecule has 0 atom stereocenters. The molecule has 6 heteroatoms. The number of para-hydroxylation sites is 1. The van der Waals surface area contributed by atoms with Crippen LogP contribution in [-0.2, 0) is 11.2 Å². The second-order valence-electron chi connectivity index (χ2n) is 7.23. The maximum Gasteiger partial charge on any atom is 0.227 e. The summed E-state index contributed by atoms with van der Waals surface area (Å²) < 4.78 is 11.3. The molecule has 0 unspecified atom stereocenters. The number of hydrogen-bond donors (Lipinski definition) is 1. The van der Waals surface area contributed by atoms with Gasteiger partial charge in [-0.05, 0) is 23.8 Å². The molecule has 2 aliphatic rings. The second-order valence-corrected chi connectivity index (χ2v) is 7.23. The topological polar surface area (TPSA) is 57.8 Å². The van der Waals surface area contributed by atoms with E-state index >= 15 is 0 Å². The Labute approximate surface area is 163 Å². The number of benzene rings is 2. The number of anilines is 1. The fraction of sp³-hybridized carbons (Fsp3) is 0.318. The Morgan fingerprint density at radius 3 is 2.61 bits per heavy atom. The van der Waals surface area contributed by atoms with Crippen molar-refractivity contribution in [1.82, 2.24) is 9.88 Å². The van der Waals surface area contributed by atoms with Crippen LogP contribution in [0.25, 0.3) is 10.9 Å². The van der Waals surface area contributed by atoms with Crippen molar-refractivity contribution < 1.29 is 14.3 Å². The van der Waals surface area contributed by atoms with Crippen molar-refractivity contribution in [2.75, 3.05) is 44.3 Å². The van der Waals surface area contributed by atoms with Crippen molar-refractivity contribution in [1.29, 1.82) is 0 Å². The number of carbonyl (C=O) groups excluding carboxylic acids is 1. The number of H-pyrrole nitrogens is 1. The van der Waals surface area contributed by atoms with Gasteiger partial charge >= 0.3 is 0 Å². The molecular formula is C22H23N3O3. The lowest BCUT2D eigenvalue weighted by Gasteiger charge is -2.36. The van der Waals surface area contributed by atoms with E-state index in [-0.39, 0.29) is 5.91 Å². The van der Waals surface area contributed by atoms with Gasteiger partial charge in [-0.3, -0.25) is 4.79 Å². The van der Waals surface area contributed by atoms with Gasteiger partial charge in [0.25, 0.3) is 0 Å². The van der Waals surface area contributed by atoms with Crippen LogP contribution in [0.3, 0.4) is 0 Å². The number of rotatable bonds is 3. The number of hydrogen-bond acceptors (Lipinski definition) is 4. The first-order valence-corrected chi connectivity index (χ1v) is 9.75. The first kappa shape index (κ1) is 17.0. The van der Waals surface area contributed by atoms with Crippen LogP contribution in [0.2, 0.25) is 0 Å². The average molecular weight is 377 g/mol. The summed E-state index contributed by atoms with van der Waals surface area (Å²) in [7, 11) is 0. The summed E-state index contributed by atoms with van der Waals surface area (Å²) in [6.45, 7) is 4.29. The molecule has 0 radical (unpaired) electrons. The Balaban J connectivity index is 1.22. The van der Waals surface area contributed by atoms with Crippen LogP contribution >= 0.6 is 0 Å². The summed E-state index contributed by atoms with van der Waals surface area (Å²) in [5, 5.41) is 1.13. The van der Waals surface area contributed by atoms with Gasteiger partial charge in [0.1, 0.15) is 13.2 Å². The Morgan fingerprint density at radius 1 is 0.964 bits per heavy atom. The number of nitrogens with zero attached hydrogens (tertiary/aromatic N) is 2. The third-order valence-electron chi connectivity index (χ3n) is 5.54. The lowest BCUT2D eigenvalue weighted by atomic mass is 10.1. The molecule has 1 aromatic heterocycles. The minimum atomic E-state index is 0.187. The Hall–Kier alpha value is -3.15. The zero-order valence-electron chi connectivity index (χ0n) is 15.7. The predicted molar refractivity (Wildman–Crippen MR) is 108 cm³/mol. The summed E-state index contributed by atoms with van der Waals surface area (Å²) in [6, 6.07) is 14.2. The molecule has 3 aromatic rings. The molecule has 1 amide bonds. The highest BCUT2D eigenvalue weighted by Crippen LogP contribution is 2.34. The minimum absolute atomic E-state index is 0.187. The van der Waals surface area contributed by atoms with E-state index in [2.05, 4.69) is 22.0 Å². The lowest BCUT2D eigenvalue weighted by Crippen LogP contribution is -2.49. The van der Waals surface area contributed by atoms with Crippen molar-refractivity contribution in [3.05, 3.63) is 54.2 Å². The first-order chi connectivity index (χ1) is 13.8. The summed E-state index contributed by atoms with van der Waals surface area (Å²) >= 11 is 0. The largest absolute Gasteiger partial charge is 0.486 e. The average Bonchev–Trinajstić information content (AvgIpc) is 3.16. The molecule has 1 fully saturated rings. The van der Waals surface area contributed by atoms with Crippen molar-refractivity contribution in [2.45, 2.75) is 6.42 Å². The monoisotopic (exact) mass is 377 g/mol. The fourth-order valence-corrected chi connectivity index (χ4v) is 4.00. The normalized spacial score (nSPS) is 16.4. The summed E-state index contributed by atoms with van der Waals surface area (Å²) in [6.07, 6.45) is 2.39. The van der Waals surface area contributed by atoms with Gasteiger partial charge in [0.15, 0.2) is 11.5 Å². The molecule has 0 saturated carbocycles. The molecule has 1 saturated heterocycles. The molecule has 0 aliphatic carbocycles. The molecule has 3 heterocycles. The number of piperazine rings is 1. The van der Waals surface area contributed by atoms with Crippen LogP contribution in [-0.4, -0.2) is 55.2 Å². The highest BCUT2D eigenvalue weighted by molar-refractivity contribution is 5.89. The lowest BCUT2D eigenvalue weighted by molar-refractivity contribution is -0.130. The van der Waals surface area contributed by atoms with Gasteiger partial charge in [0.2, 0.25) is 5.91 Å². The predicted octanol–water partition coefficient (Wildman–Crippen LogP) is 2.83. The van der Waals surface area contributed by atoms with Crippen LogP contribution < -0.4 is 14.4 Å². The highest BCUT2D eigenvalue weighted by atomic mass is 16.6. The smallest absolute Gasteiger partial charge is 0.227 e. The number of carbonyl (C=O) groups is 1. The van der Waals surface area contributed by atoms with Gasteiger partial charge in [0.05, 0.1) is 6.42 Å². The van der Waals surface area contributed by atoms with Crippen LogP contribution in [0.15, 0.2) is 48.7 Å². The van der Waals surface area contributed by atoms with Gasteiger partial charge in [-0.15, -0.1) is 0 Å². The van der Waals surface area contributed by atoms with E-state index in [9.17, 15) is 4.79 Å². The maximum atomic E-state index is 12.8. The van der Waals surface area contributed by atoms with Crippen LogP contribution in [0, 0.1) is 0 Å². The van der Waals surface area contributed by atoms with Gasteiger partial charge in [-0.1, -0.05) is 18.2 Å². The van der Waals surface area contributed by atoms with Crippen LogP contribution in [0.4, 0.5) is 5.69 Å². The molecule has 6 nitrogen and oxygen atoms in total. The third kappa shape index (κ3) is 3.15. The standard InChI is InChI=1S/C22H23N3O3/c26-22(13-16-15-23-19-4-2-1-3-18(16)19)25-9-7-24(8-10-25)17-5-6-20-21(14-17)28-12-11-27-20/h1-6,14-15,23H,7-13H2. The number of amides is 1. The van der Waals surface area contributed by atoms with E-state index in [0.717, 1.165) is 59.8 Å².